The lowest BCUT2D eigenvalue weighted by Crippen LogP contribution is -2.58. The first-order valence-corrected chi connectivity index (χ1v) is 17.5. The number of carbonyl (C=O) groups excluding carboxylic acids is 4. The number of fused-ring (bicyclic) bond motifs is 3. The fraction of sp³-hybridized carbons (Fsp3) is 0.400. The van der Waals surface area contributed by atoms with Gasteiger partial charge in [-0.05, 0) is 48.2 Å². The van der Waals surface area contributed by atoms with Crippen molar-refractivity contribution >= 4 is 40.2 Å². The number of hydrogen-bond acceptors (Lipinski definition) is 7. The standard InChI is InChI=1S/C40H43N3O7/c1-4-29(24-44)43-36-38(47)42(30-20-19-26-13-8-9-16-28(26)23-30)22-12-21-40(36)34(37(43)46)33-31(50-40)17-10-11-18-32(45)41(3)25(2)35(49-39(33)48)27-14-6-5-7-15-27/h5-10,12-17,19-21,23,25,29,31,33-36,44H,4,11,18,22,24H2,1-3H3/b17-10-/t25-,29-,31-,33+,34+,35+,36-,40+/m0/s1. The number of likely N-dealkylation sites (tertiary alicyclic amines) is 1. The summed E-state index contributed by atoms with van der Waals surface area (Å²) in [6, 6.07) is 20.6. The predicted octanol–water partition coefficient (Wildman–Crippen LogP) is 4.58. The zero-order valence-corrected chi connectivity index (χ0v) is 28.6. The minimum absolute atomic E-state index is 0.0920. The highest BCUT2D eigenvalue weighted by Gasteiger charge is 2.72. The van der Waals surface area contributed by atoms with E-state index < -0.39 is 59.6 Å². The van der Waals surface area contributed by atoms with Crippen LogP contribution in [0.4, 0.5) is 5.69 Å². The van der Waals surface area contributed by atoms with Crippen LogP contribution >= 0.6 is 0 Å². The first-order chi connectivity index (χ1) is 24.2. The van der Waals surface area contributed by atoms with E-state index in [1.165, 1.54) is 4.90 Å². The van der Waals surface area contributed by atoms with E-state index >= 15 is 0 Å². The first-order valence-electron chi connectivity index (χ1n) is 17.5. The average molecular weight is 678 g/mol. The number of ether oxygens (including phenoxy) is 2. The van der Waals surface area contributed by atoms with Crippen LogP contribution in [0.1, 0.15) is 44.8 Å². The third-order valence-corrected chi connectivity index (χ3v) is 11.0. The zero-order valence-electron chi connectivity index (χ0n) is 28.6. The molecule has 3 aromatic carbocycles. The zero-order chi connectivity index (χ0) is 35.2. The van der Waals surface area contributed by atoms with Crippen LogP contribution < -0.4 is 4.90 Å². The lowest BCUT2D eigenvalue weighted by atomic mass is 9.77. The van der Waals surface area contributed by atoms with Gasteiger partial charge in [-0.1, -0.05) is 91.9 Å². The molecule has 8 atom stereocenters. The van der Waals surface area contributed by atoms with Gasteiger partial charge < -0.3 is 29.3 Å². The van der Waals surface area contributed by atoms with E-state index in [0.717, 1.165) is 10.8 Å². The van der Waals surface area contributed by atoms with E-state index in [4.69, 9.17) is 9.47 Å². The molecule has 1 N–H and O–H groups in total. The minimum Gasteiger partial charge on any atom is -0.455 e. The van der Waals surface area contributed by atoms with Crippen molar-refractivity contribution in [3.05, 3.63) is 103 Å². The molecule has 50 heavy (non-hydrogen) atoms. The molecule has 2 saturated heterocycles. The van der Waals surface area contributed by atoms with E-state index in [2.05, 4.69) is 0 Å². The summed E-state index contributed by atoms with van der Waals surface area (Å²) in [6.45, 7) is 3.56. The third-order valence-electron chi connectivity index (χ3n) is 11.0. The minimum atomic E-state index is -1.51. The molecular formula is C40H43N3O7. The lowest BCUT2D eigenvalue weighted by molar-refractivity contribution is -0.164. The van der Waals surface area contributed by atoms with E-state index in [1.54, 1.807) is 35.1 Å². The molecule has 0 radical (unpaired) electrons. The number of cyclic esters (lactones) is 1. The van der Waals surface area contributed by atoms with Gasteiger partial charge in [0.25, 0.3) is 5.91 Å². The van der Waals surface area contributed by atoms with Gasteiger partial charge in [0.2, 0.25) is 11.8 Å². The molecule has 10 heteroatoms. The van der Waals surface area contributed by atoms with Crippen LogP contribution in [0.15, 0.2) is 97.1 Å². The Morgan fingerprint density at radius 2 is 1.68 bits per heavy atom. The summed E-state index contributed by atoms with van der Waals surface area (Å²) in [4.78, 5) is 62.2. The Morgan fingerprint density at radius 1 is 0.940 bits per heavy atom. The Kier molecular flexibility index (Phi) is 9.09. The second kappa shape index (κ2) is 13.5. The van der Waals surface area contributed by atoms with Gasteiger partial charge in [0.05, 0.1) is 30.7 Å². The molecule has 2 fully saturated rings. The molecule has 3 aromatic rings. The van der Waals surface area contributed by atoms with Crippen molar-refractivity contribution in [3.8, 4) is 0 Å². The molecule has 4 heterocycles. The maximum absolute atomic E-state index is 14.9. The number of amides is 3. The number of carbonyl (C=O) groups is 4. The molecular weight excluding hydrogens is 634 g/mol. The van der Waals surface area contributed by atoms with Crippen LogP contribution in [-0.4, -0.2) is 88.6 Å². The van der Waals surface area contributed by atoms with E-state index in [0.29, 0.717) is 24.1 Å². The summed E-state index contributed by atoms with van der Waals surface area (Å²) in [5.74, 6) is -3.72. The van der Waals surface area contributed by atoms with E-state index in [-0.39, 0.29) is 31.4 Å². The number of esters is 1. The predicted molar refractivity (Wildman–Crippen MR) is 188 cm³/mol. The summed E-state index contributed by atoms with van der Waals surface area (Å²) in [6.07, 6.45) is 6.46. The topological polar surface area (TPSA) is 117 Å². The van der Waals surface area contributed by atoms with Crippen molar-refractivity contribution in [2.24, 2.45) is 11.8 Å². The molecule has 3 amide bonds. The second-order valence-corrected chi connectivity index (χ2v) is 13.7. The number of likely N-dealkylation sites (N-methyl/N-ethyl adjacent to an activating group) is 1. The number of rotatable bonds is 5. The summed E-state index contributed by atoms with van der Waals surface area (Å²) >= 11 is 0. The third kappa shape index (κ3) is 5.51. The van der Waals surface area contributed by atoms with Gasteiger partial charge in [0.15, 0.2) is 0 Å². The monoisotopic (exact) mass is 677 g/mol. The molecule has 4 aliphatic heterocycles. The SMILES string of the molecule is CC[C@@H](CO)N1C(=O)[C@H]2[C@@H]3C(=O)O[C@@H](c4ccccc4)[C@H](C)N(C)C(=O)CC/C=C\[C@@H]3O[C@]23C=CCN(c2ccc4ccccc4c2)C(=O)[C@H]13. The van der Waals surface area contributed by atoms with Gasteiger partial charge in [-0.25, -0.2) is 0 Å². The summed E-state index contributed by atoms with van der Waals surface area (Å²) in [5.41, 5.74) is -0.132. The quantitative estimate of drug-likeness (QED) is 0.311. The van der Waals surface area contributed by atoms with Crippen molar-refractivity contribution < 1.29 is 33.8 Å². The van der Waals surface area contributed by atoms with Crippen LogP contribution in [0.5, 0.6) is 0 Å². The van der Waals surface area contributed by atoms with Gasteiger partial charge in [-0.2, -0.15) is 0 Å². The number of aliphatic hydroxyl groups excluding tert-OH is 1. The Balaban J connectivity index is 1.33. The van der Waals surface area contributed by atoms with Gasteiger partial charge in [-0.15, -0.1) is 0 Å². The summed E-state index contributed by atoms with van der Waals surface area (Å²) in [5, 5.41) is 12.5. The Hall–Kier alpha value is -4.80. The number of aliphatic hydroxyl groups is 1. The molecule has 0 unspecified atom stereocenters. The van der Waals surface area contributed by atoms with Crippen molar-refractivity contribution in [2.75, 3.05) is 25.1 Å². The molecule has 0 aliphatic carbocycles. The second-order valence-electron chi connectivity index (χ2n) is 13.7. The maximum atomic E-state index is 14.9. The largest absolute Gasteiger partial charge is 0.455 e. The molecule has 4 aliphatic rings. The van der Waals surface area contributed by atoms with Crippen LogP contribution in [0.25, 0.3) is 10.8 Å². The molecule has 1 spiro atoms. The highest BCUT2D eigenvalue weighted by Crippen LogP contribution is 2.54. The summed E-state index contributed by atoms with van der Waals surface area (Å²) < 4.78 is 13.2. The van der Waals surface area contributed by atoms with Gasteiger partial charge in [-0.3, -0.25) is 19.2 Å². The molecule has 260 valence electrons. The van der Waals surface area contributed by atoms with Crippen molar-refractivity contribution in [1.82, 2.24) is 9.80 Å². The number of hydrogen-bond donors (Lipinski definition) is 1. The van der Waals surface area contributed by atoms with Gasteiger partial charge >= 0.3 is 5.97 Å². The van der Waals surface area contributed by atoms with Crippen molar-refractivity contribution in [1.29, 1.82) is 0 Å². The normalized spacial score (nSPS) is 31.3. The average Bonchev–Trinajstić information content (AvgIpc) is 3.52. The maximum Gasteiger partial charge on any atom is 0.313 e. The van der Waals surface area contributed by atoms with Crippen LogP contribution in [-0.2, 0) is 28.7 Å². The molecule has 0 bridgehead atoms. The number of nitrogens with zero attached hydrogens (tertiary/aromatic N) is 3. The van der Waals surface area contributed by atoms with E-state index in [9.17, 15) is 24.3 Å². The van der Waals surface area contributed by atoms with Gasteiger partial charge in [0, 0.05) is 25.7 Å². The lowest BCUT2D eigenvalue weighted by Gasteiger charge is -2.38. The highest BCUT2D eigenvalue weighted by molar-refractivity contribution is 6.06. The summed E-state index contributed by atoms with van der Waals surface area (Å²) in [7, 11) is 1.70. The number of benzene rings is 3. The van der Waals surface area contributed by atoms with Crippen LogP contribution in [0, 0.1) is 11.8 Å². The number of anilines is 1. The fourth-order valence-electron chi connectivity index (χ4n) is 8.21. The van der Waals surface area contributed by atoms with Crippen LogP contribution in [0.3, 0.4) is 0 Å². The van der Waals surface area contributed by atoms with Gasteiger partial charge in [0.1, 0.15) is 23.7 Å². The van der Waals surface area contributed by atoms with E-state index in [1.807, 2.05) is 92.7 Å². The fourth-order valence-corrected chi connectivity index (χ4v) is 8.21. The van der Waals surface area contributed by atoms with Crippen LogP contribution in [0.2, 0.25) is 0 Å². The first kappa shape index (κ1) is 33.7. The van der Waals surface area contributed by atoms with Crippen molar-refractivity contribution in [2.45, 2.75) is 69.0 Å². The molecule has 0 saturated carbocycles. The smallest absolute Gasteiger partial charge is 0.313 e. The molecule has 7 rings (SSSR count). The Labute approximate surface area is 291 Å². The van der Waals surface area contributed by atoms with Crippen molar-refractivity contribution in [3.63, 3.8) is 0 Å². The Morgan fingerprint density at radius 3 is 2.42 bits per heavy atom. The number of allylic oxidation sites excluding steroid dienone is 1. The Bertz CT molecular complexity index is 1860. The highest BCUT2D eigenvalue weighted by atomic mass is 16.6. The molecule has 0 aromatic heterocycles. The molecule has 10 nitrogen and oxygen atoms in total.